The van der Waals surface area contributed by atoms with E-state index in [4.69, 9.17) is 17.3 Å². The Hall–Kier alpha value is -3.69. The molecule has 0 aliphatic heterocycles. The second-order valence-corrected chi connectivity index (χ2v) is 11.2. The number of pyridine rings is 2. The van der Waals surface area contributed by atoms with Crippen molar-refractivity contribution in [1.82, 2.24) is 19.3 Å². The summed E-state index contributed by atoms with van der Waals surface area (Å²) in [7, 11) is -3.12. The molecule has 0 aliphatic carbocycles. The molecule has 0 bridgehead atoms. The van der Waals surface area contributed by atoms with Gasteiger partial charge in [0.1, 0.15) is 15.5 Å². The third-order valence-corrected chi connectivity index (χ3v) is 7.07. The average molecular weight is 508 g/mol. The number of nitrogens with zero attached hydrogens (tertiary/aromatic N) is 4. The second-order valence-electron chi connectivity index (χ2n) is 8.50. The predicted molar refractivity (Wildman–Crippen MR) is 140 cm³/mol. The van der Waals surface area contributed by atoms with E-state index in [0.717, 1.165) is 16.6 Å². The van der Waals surface area contributed by atoms with Crippen LogP contribution in [0.1, 0.15) is 5.69 Å². The first-order chi connectivity index (χ1) is 16.6. The van der Waals surface area contributed by atoms with Gasteiger partial charge >= 0.3 is 0 Å². The molecule has 0 aliphatic rings. The molecule has 5 aromatic rings. The molecule has 3 heterocycles. The van der Waals surface area contributed by atoms with Gasteiger partial charge in [-0.25, -0.2) is 13.4 Å². The van der Waals surface area contributed by atoms with Crippen molar-refractivity contribution >= 4 is 49.1 Å². The lowest BCUT2D eigenvalue weighted by molar-refractivity contribution is 0.589. The fourth-order valence-corrected chi connectivity index (χ4v) is 4.79. The molecule has 0 spiro atoms. The van der Waals surface area contributed by atoms with Crippen molar-refractivity contribution in [3.8, 4) is 16.8 Å². The molecule has 35 heavy (non-hydrogen) atoms. The minimum Gasteiger partial charge on any atom is -0.397 e. The number of aryl methyl sites for hydroxylation is 2. The van der Waals surface area contributed by atoms with E-state index in [1.54, 1.807) is 45.8 Å². The van der Waals surface area contributed by atoms with Gasteiger partial charge in [0.2, 0.25) is 0 Å². The van der Waals surface area contributed by atoms with E-state index in [1.165, 1.54) is 6.26 Å². The zero-order chi connectivity index (χ0) is 24.9. The molecule has 0 fully saturated rings. The van der Waals surface area contributed by atoms with Crippen LogP contribution in [0.15, 0.2) is 65.6 Å². The van der Waals surface area contributed by atoms with E-state index < -0.39 is 9.84 Å². The van der Waals surface area contributed by atoms with Crippen molar-refractivity contribution in [2.24, 2.45) is 0 Å². The quantitative estimate of drug-likeness (QED) is 0.385. The maximum atomic E-state index is 13.9. The first kappa shape index (κ1) is 23.1. The molecule has 0 saturated heterocycles. The maximum absolute atomic E-state index is 13.9. The number of hydrogen-bond acceptors (Lipinski definition) is 6. The van der Waals surface area contributed by atoms with Crippen LogP contribution < -0.4 is 11.3 Å². The number of benzene rings is 2. The lowest BCUT2D eigenvalue weighted by Gasteiger charge is -2.16. The standard InChI is InChI=1S/C25H22ClN5O3S/c1-15-3-9-20-23(27)22(25(32)31(24(20)29-15)19-7-5-18(26)6-8-19)16-4-10-21-17(13-16)14-28-30(21)11-12-35(2,33)34/h3-10,13-14H,11-12,27H2,1-2H3. The molecule has 0 atom stereocenters. The van der Waals surface area contributed by atoms with Gasteiger partial charge in [-0.05, 0) is 61.0 Å². The van der Waals surface area contributed by atoms with Crippen molar-refractivity contribution in [1.29, 1.82) is 0 Å². The molecule has 178 valence electrons. The molecule has 8 nitrogen and oxygen atoms in total. The third-order valence-electron chi connectivity index (χ3n) is 5.89. The molecule has 0 unspecified atom stereocenters. The molecule has 2 aromatic carbocycles. The van der Waals surface area contributed by atoms with Crippen LogP contribution in [0.4, 0.5) is 5.69 Å². The number of sulfone groups is 1. The summed E-state index contributed by atoms with van der Waals surface area (Å²) in [6.45, 7) is 2.10. The molecule has 10 heteroatoms. The predicted octanol–water partition coefficient (Wildman–Crippen LogP) is 3.99. The zero-order valence-electron chi connectivity index (χ0n) is 19.1. The molecular weight excluding hydrogens is 486 g/mol. The summed E-state index contributed by atoms with van der Waals surface area (Å²) < 4.78 is 26.3. The Morgan fingerprint density at radius 1 is 1.06 bits per heavy atom. The monoisotopic (exact) mass is 507 g/mol. The van der Waals surface area contributed by atoms with Crippen LogP contribution in [0.2, 0.25) is 5.02 Å². The molecular formula is C25H22ClN5O3S. The Morgan fingerprint density at radius 2 is 1.80 bits per heavy atom. The highest BCUT2D eigenvalue weighted by molar-refractivity contribution is 7.90. The van der Waals surface area contributed by atoms with Crippen LogP contribution in [0, 0.1) is 6.92 Å². The first-order valence-electron chi connectivity index (χ1n) is 10.8. The first-order valence-corrected chi connectivity index (χ1v) is 13.3. The molecule has 0 saturated carbocycles. The van der Waals surface area contributed by atoms with E-state index >= 15 is 0 Å². The fourth-order valence-electron chi connectivity index (χ4n) is 4.16. The average Bonchev–Trinajstić information content (AvgIpc) is 3.21. The van der Waals surface area contributed by atoms with Crippen molar-refractivity contribution in [3.63, 3.8) is 0 Å². The Balaban J connectivity index is 1.73. The molecule has 2 N–H and O–H groups in total. The summed E-state index contributed by atoms with van der Waals surface area (Å²) in [5.74, 6) is -0.0125. The van der Waals surface area contributed by atoms with E-state index in [1.807, 2.05) is 31.2 Å². The van der Waals surface area contributed by atoms with Crippen molar-refractivity contribution in [2.75, 3.05) is 17.7 Å². The van der Waals surface area contributed by atoms with Crippen LogP contribution >= 0.6 is 11.6 Å². The van der Waals surface area contributed by atoms with Crippen LogP contribution in [0.5, 0.6) is 0 Å². The van der Waals surface area contributed by atoms with Crippen molar-refractivity contribution < 1.29 is 8.42 Å². The number of nitrogens with two attached hydrogens (primary N) is 1. The Morgan fingerprint density at radius 3 is 2.51 bits per heavy atom. The molecule has 5 rings (SSSR count). The minimum atomic E-state index is -3.12. The smallest absolute Gasteiger partial charge is 0.266 e. The summed E-state index contributed by atoms with van der Waals surface area (Å²) in [4.78, 5) is 18.5. The third kappa shape index (κ3) is 4.28. The summed E-state index contributed by atoms with van der Waals surface area (Å²) in [5, 5.41) is 6.32. The summed E-state index contributed by atoms with van der Waals surface area (Å²) >= 11 is 6.08. The number of aromatic nitrogens is 4. The number of hydrogen-bond donors (Lipinski definition) is 1. The SMILES string of the molecule is Cc1ccc2c(N)c(-c3ccc4c(cnn4CCS(C)(=O)=O)c3)c(=O)n(-c3ccc(Cl)cc3)c2n1. The Kier molecular flexibility index (Phi) is 5.61. The Labute approximate surface area is 206 Å². The molecule has 3 aromatic heterocycles. The lowest BCUT2D eigenvalue weighted by Crippen LogP contribution is -2.23. The van der Waals surface area contributed by atoms with Gasteiger partial charge in [0.25, 0.3) is 5.56 Å². The van der Waals surface area contributed by atoms with E-state index in [9.17, 15) is 13.2 Å². The van der Waals surface area contributed by atoms with Gasteiger partial charge in [-0.2, -0.15) is 5.10 Å². The van der Waals surface area contributed by atoms with Crippen LogP contribution in [0.25, 0.3) is 38.8 Å². The van der Waals surface area contributed by atoms with Gasteiger partial charge in [0.05, 0.1) is 40.9 Å². The minimum absolute atomic E-state index is 0.0125. The number of halogens is 1. The zero-order valence-corrected chi connectivity index (χ0v) is 20.6. The summed E-state index contributed by atoms with van der Waals surface area (Å²) in [5.41, 5.74) is 10.2. The summed E-state index contributed by atoms with van der Waals surface area (Å²) in [6, 6.07) is 16.2. The normalized spacial score (nSPS) is 12.0. The topological polar surface area (TPSA) is 113 Å². The van der Waals surface area contributed by atoms with Crippen LogP contribution in [-0.2, 0) is 16.4 Å². The van der Waals surface area contributed by atoms with Gasteiger partial charge in [-0.3, -0.25) is 14.0 Å². The Bertz CT molecular complexity index is 1770. The van der Waals surface area contributed by atoms with Crippen molar-refractivity contribution in [3.05, 3.63) is 81.9 Å². The number of rotatable bonds is 5. The highest BCUT2D eigenvalue weighted by Gasteiger charge is 2.19. The van der Waals surface area contributed by atoms with Gasteiger partial charge in [-0.1, -0.05) is 17.7 Å². The van der Waals surface area contributed by atoms with Gasteiger partial charge in [0.15, 0.2) is 0 Å². The van der Waals surface area contributed by atoms with Gasteiger partial charge < -0.3 is 5.73 Å². The lowest BCUT2D eigenvalue weighted by atomic mass is 10.0. The van der Waals surface area contributed by atoms with Gasteiger partial charge in [-0.15, -0.1) is 0 Å². The second kappa shape index (κ2) is 8.51. The highest BCUT2D eigenvalue weighted by atomic mass is 35.5. The van der Waals surface area contributed by atoms with E-state index in [2.05, 4.69) is 10.1 Å². The van der Waals surface area contributed by atoms with E-state index in [-0.39, 0.29) is 17.9 Å². The molecule has 0 amide bonds. The highest BCUT2D eigenvalue weighted by Crippen LogP contribution is 2.32. The summed E-state index contributed by atoms with van der Waals surface area (Å²) in [6.07, 6.45) is 2.85. The fraction of sp³-hybridized carbons (Fsp3) is 0.160. The van der Waals surface area contributed by atoms with Crippen molar-refractivity contribution in [2.45, 2.75) is 13.5 Å². The van der Waals surface area contributed by atoms with Crippen LogP contribution in [-0.4, -0.2) is 39.8 Å². The number of anilines is 1. The van der Waals surface area contributed by atoms with Gasteiger partial charge in [0, 0.05) is 27.7 Å². The van der Waals surface area contributed by atoms with Crippen LogP contribution in [0.3, 0.4) is 0 Å². The largest absolute Gasteiger partial charge is 0.397 e. The number of nitrogen functional groups attached to an aromatic ring is 1. The maximum Gasteiger partial charge on any atom is 0.266 e. The number of fused-ring (bicyclic) bond motifs is 2. The molecule has 0 radical (unpaired) electrons. The van der Waals surface area contributed by atoms with E-state index in [0.29, 0.717) is 38.6 Å².